The molecule has 3 fully saturated rings. The number of carboxylic acid groups (broad SMARTS) is 1. The first-order valence-corrected chi connectivity index (χ1v) is 11.0. The summed E-state index contributed by atoms with van der Waals surface area (Å²) in [5.74, 6) is -1.78. The maximum absolute atomic E-state index is 12.4. The number of aliphatic carboxylic acids is 1. The van der Waals surface area contributed by atoms with E-state index in [2.05, 4.69) is 10.6 Å². The van der Waals surface area contributed by atoms with Crippen molar-refractivity contribution in [2.75, 3.05) is 19.6 Å². The van der Waals surface area contributed by atoms with E-state index in [9.17, 15) is 24.9 Å². The summed E-state index contributed by atoms with van der Waals surface area (Å²) in [7, 11) is 0. The number of nitrogens with one attached hydrogen (secondary N) is 2. The minimum Gasteiger partial charge on any atom is -0.477 e. The molecule has 4 aliphatic rings. The highest BCUT2D eigenvalue weighted by atomic mass is 32.2. The van der Waals surface area contributed by atoms with Gasteiger partial charge in [0.25, 0.3) is 0 Å². The Bertz CT molecular complexity index is 693. The first-order valence-electron chi connectivity index (χ1n) is 10.1. The number of fused-ring (bicyclic) bond motifs is 1. The number of carboxylic acids is 1. The Morgan fingerprint density at radius 1 is 1.32 bits per heavy atom. The van der Waals surface area contributed by atoms with Crippen molar-refractivity contribution in [3.8, 4) is 0 Å². The van der Waals surface area contributed by atoms with Crippen LogP contribution < -0.4 is 10.6 Å². The molecule has 0 aromatic heterocycles. The number of β-lactam (4-membered cyclic amide) rings is 1. The van der Waals surface area contributed by atoms with E-state index in [-0.39, 0.29) is 40.8 Å². The van der Waals surface area contributed by atoms with Crippen LogP contribution in [0.4, 0.5) is 0 Å². The van der Waals surface area contributed by atoms with E-state index in [1.165, 1.54) is 16.7 Å². The summed E-state index contributed by atoms with van der Waals surface area (Å²) in [5, 5.41) is 37.2. The molecule has 0 aliphatic carbocycles. The SMILES string of the molecule is C[C@@H](O)[C@H]1C(=O)N2C(C(=O)O)=C(S[C@@H]3CN[C@H](C(O)[C@@H]4CCNC4)C3)[C@H](C)[C@H]12. The van der Waals surface area contributed by atoms with E-state index in [1.807, 2.05) is 6.92 Å². The monoisotopic (exact) mass is 411 g/mol. The van der Waals surface area contributed by atoms with Gasteiger partial charge in [-0.25, -0.2) is 4.79 Å². The zero-order valence-electron chi connectivity index (χ0n) is 16.2. The molecule has 0 bridgehead atoms. The summed E-state index contributed by atoms with van der Waals surface area (Å²) >= 11 is 1.52. The molecule has 4 aliphatic heterocycles. The Hall–Kier alpha value is -1.13. The number of rotatable bonds is 6. The van der Waals surface area contributed by atoms with Gasteiger partial charge >= 0.3 is 5.97 Å². The minimum absolute atomic E-state index is 0.0110. The molecule has 8 atom stereocenters. The fourth-order valence-corrected chi connectivity index (χ4v) is 6.73. The van der Waals surface area contributed by atoms with Crippen molar-refractivity contribution in [2.24, 2.45) is 17.8 Å². The molecular formula is C19H29N3O5S. The minimum atomic E-state index is -1.09. The van der Waals surface area contributed by atoms with E-state index in [1.54, 1.807) is 6.92 Å². The van der Waals surface area contributed by atoms with Crippen LogP contribution in [0.15, 0.2) is 10.6 Å². The van der Waals surface area contributed by atoms with E-state index >= 15 is 0 Å². The molecule has 0 aromatic rings. The standard InChI is InChI=1S/C19H29N3O5S/c1-8-14-13(9(2)23)18(25)22(14)15(19(26)27)17(8)28-11-5-12(21-7-11)16(24)10-3-4-20-6-10/h8-14,16,20-21,23-24H,3-7H2,1-2H3,(H,26,27)/t8-,9-,10-,11+,12+,13-,14-,16?/m1/s1. The molecule has 5 N–H and O–H groups in total. The molecular weight excluding hydrogens is 382 g/mol. The van der Waals surface area contributed by atoms with Crippen LogP contribution in [0.2, 0.25) is 0 Å². The lowest BCUT2D eigenvalue weighted by Gasteiger charge is -2.46. The lowest BCUT2D eigenvalue weighted by molar-refractivity contribution is -0.163. The van der Waals surface area contributed by atoms with Crippen LogP contribution in [-0.4, -0.2) is 81.3 Å². The predicted octanol–water partition coefficient (Wildman–Crippen LogP) is -0.426. The predicted molar refractivity (Wildman–Crippen MR) is 104 cm³/mol. The summed E-state index contributed by atoms with van der Waals surface area (Å²) in [6, 6.07) is -0.265. The number of amides is 1. The van der Waals surface area contributed by atoms with Crippen LogP contribution in [-0.2, 0) is 9.59 Å². The second-order valence-corrected chi connectivity index (χ2v) is 9.85. The van der Waals surface area contributed by atoms with Gasteiger partial charge in [-0.05, 0) is 26.3 Å². The van der Waals surface area contributed by atoms with E-state index in [0.29, 0.717) is 6.54 Å². The molecule has 0 spiro atoms. The van der Waals surface area contributed by atoms with Crippen molar-refractivity contribution in [3.05, 3.63) is 10.6 Å². The Balaban J connectivity index is 1.47. The fraction of sp³-hybridized carbons (Fsp3) is 0.789. The molecule has 0 radical (unpaired) electrons. The topological polar surface area (TPSA) is 122 Å². The Kier molecular flexibility index (Phi) is 5.47. The zero-order valence-corrected chi connectivity index (χ0v) is 17.0. The Labute approximate surface area is 168 Å². The van der Waals surface area contributed by atoms with Gasteiger partial charge in [0, 0.05) is 41.1 Å². The Morgan fingerprint density at radius 2 is 2.07 bits per heavy atom. The normalized spacial score (nSPS) is 39.9. The summed E-state index contributed by atoms with van der Waals surface area (Å²) in [5.41, 5.74) is 0.0772. The summed E-state index contributed by atoms with van der Waals surface area (Å²) in [6.45, 7) is 6.00. The van der Waals surface area contributed by atoms with Crippen molar-refractivity contribution in [1.82, 2.24) is 15.5 Å². The molecule has 0 saturated carbocycles. The first kappa shape index (κ1) is 20.2. The van der Waals surface area contributed by atoms with Gasteiger partial charge in [-0.1, -0.05) is 6.92 Å². The number of aliphatic hydroxyl groups excluding tert-OH is 2. The summed E-state index contributed by atoms with van der Waals surface area (Å²) in [4.78, 5) is 26.4. The van der Waals surface area contributed by atoms with Crippen LogP contribution in [0.1, 0.15) is 26.7 Å². The number of thioether (sulfide) groups is 1. The summed E-state index contributed by atoms with van der Waals surface area (Å²) < 4.78 is 0. The van der Waals surface area contributed by atoms with Gasteiger partial charge < -0.3 is 30.9 Å². The second-order valence-electron chi connectivity index (χ2n) is 8.51. The lowest BCUT2D eigenvalue weighted by Crippen LogP contribution is -2.63. The third-order valence-corrected chi connectivity index (χ3v) is 8.23. The van der Waals surface area contributed by atoms with Gasteiger partial charge in [0.05, 0.1) is 24.2 Å². The quantitative estimate of drug-likeness (QED) is 0.374. The molecule has 4 heterocycles. The van der Waals surface area contributed by atoms with Gasteiger partial charge in [0.1, 0.15) is 5.70 Å². The van der Waals surface area contributed by atoms with E-state index < -0.39 is 24.1 Å². The van der Waals surface area contributed by atoms with Crippen molar-refractivity contribution < 1.29 is 24.9 Å². The lowest BCUT2D eigenvalue weighted by atomic mass is 9.79. The largest absolute Gasteiger partial charge is 0.477 e. The second kappa shape index (κ2) is 7.60. The highest BCUT2D eigenvalue weighted by molar-refractivity contribution is 8.03. The van der Waals surface area contributed by atoms with Crippen LogP contribution in [0, 0.1) is 17.8 Å². The van der Waals surface area contributed by atoms with E-state index in [0.717, 1.165) is 30.8 Å². The summed E-state index contributed by atoms with van der Waals surface area (Å²) in [6.07, 6.45) is 0.547. The number of aliphatic hydroxyl groups is 2. The average Bonchev–Trinajstić information content (AvgIpc) is 3.35. The van der Waals surface area contributed by atoms with Gasteiger partial charge in [-0.15, -0.1) is 11.8 Å². The molecule has 3 saturated heterocycles. The van der Waals surface area contributed by atoms with Crippen LogP contribution in [0.5, 0.6) is 0 Å². The van der Waals surface area contributed by atoms with Crippen molar-refractivity contribution in [3.63, 3.8) is 0 Å². The van der Waals surface area contributed by atoms with Crippen LogP contribution in [0.25, 0.3) is 0 Å². The fourth-order valence-electron chi connectivity index (χ4n) is 5.24. The molecule has 4 rings (SSSR count). The van der Waals surface area contributed by atoms with Gasteiger partial charge in [-0.3, -0.25) is 4.79 Å². The number of hydrogen-bond donors (Lipinski definition) is 5. The van der Waals surface area contributed by atoms with Gasteiger partial charge in [-0.2, -0.15) is 0 Å². The van der Waals surface area contributed by atoms with Crippen molar-refractivity contribution in [2.45, 2.75) is 56.2 Å². The molecule has 28 heavy (non-hydrogen) atoms. The molecule has 1 amide bonds. The zero-order chi connectivity index (χ0) is 20.2. The highest BCUT2D eigenvalue weighted by Gasteiger charge is 2.60. The van der Waals surface area contributed by atoms with Gasteiger partial charge in [0.2, 0.25) is 5.91 Å². The first-order chi connectivity index (χ1) is 13.3. The maximum Gasteiger partial charge on any atom is 0.353 e. The highest BCUT2D eigenvalue weighted by Crippen LogP contribution is 2.51. The third-order valence-electron chi connectivity index (χ3n) is 6.72. The average molecular weight is 412 g/mol. The van der Waals surface area contributed by atoms with E-state index in [4.69, 9.17) is 0 Å². The molecule has 1 unspecified atom stereocenters. The Morgan fingerprint density at radius 3 is 2.68 bits per heavy atom. The number of nitrogens with zero attached hydrogens (tertiary/aromatic N) is 1. The van der Waals surface area contributed by atoms with Crippen LogP contribution in [0.3, 0.4) is 0 Å². The molecule has 8 nitrogen and oxygen atoms in total. The molecule has 156 valence electrons. The van der Waals surface area contributed by atoms with Crippen molar-refractivity contribution in [1.29, 1.82) is 0 Å². The molecule has 9 heteroatoms. The van der Waals surface area contributed by atoms with Gasteiger partial charge in [0.15, 0.2) is 0 Å². The van der Waals surface area contributed by atoms with Crippen LogP contribution >= 0.6 is 11.8 Å². The number of hydrogen-bond acceptors (Lipinski definition) is 7. The third kappa shape index (κ3) is 3.17. The molecule has 0 aromatic carbocycles. The smallest absolute Gasteiger partial charge is 0.353 e. The maximum atomic E-state index is 12.4. The number of carbonyl (C=O) groups excluding carboxylic acids is 1. The number of carbonyl (C=O) groups is 2. The van der Waals surface area contributed by atoms with Crippen molar-refractivity contribution >= 4 is 23.6 Å².